The van der Waals surface area contributed by atoms with Gasteiger partial charge in [-0.2, -0.15) is 5.26 Å². The van der Waals surface area contributed by atoms with E-state index in [9.17, 15) is 13.7 Å². The molecule has 0 spiro atoms. The van der Waals surface area contributed by atoms with E-state index in [4.69, 9.17) is 31.5 Å². The van der Waals surface area contributed by atoms with Crippen molar-refractivity contribution in [3.63, 3.8) is 0 Å². The lowest BCUT2D eigenvalue weighted by Crippen LogP contribution is -2.51. The standard InChI is InChI=1S/C29H39ClFN5O5S/c1-35(2)22-4-3-9-36(19-22)27-17-24-20(18-33)14-21(30)15-25(24)29(27)41-28-6-5-23(16-26(28)31)42(37,38)34-8-11-40-13-12-39-10-7-32/h5-6,14-16,22,27,29,34H,3-4,7-13,17,19,32H2,1-2H3/t22-,27+,29+/m1/s1. The van der Waals surface area contributed by atoms with Crippen LogP contribution in [0.4, 0.5) is 4.39 Å². The van der Waals surface area contributed by atoms with Crippen molar-refractivity contribution in [2.24, 2.45) is 5.73 Å². The summed E-state index contributed by atoms with van der Waals surface area (Å²) in [6.45, 7) is 3.34. The number of hydrogen-bond donors (Lipinski definition) is 2. The number of nitriles is 1. The van der Waals surface area contributed by atoms with Crippen LogP contribution in [-0.4, -0.2) is 97.0 Å². The van der Waals surface area contributed by atoms with Gasteiger partial charge in [0, 0.05) is 30.7 Å². The van der Waals surface area contributed by atoms with Crippen LogP contribution in [0.2, 0.25) is 5.02 Å². The Morgan fingerprint density at radius 3 is 2.64 bits per heavy atom. The van der Waals surface area contributed by atoms with Gasteiger partial charge in [-0.05, 0) is 81.4 Å². The predicted molar refractivity (Wildman–Crippen MR) is 158 cm³/mol. The number of likely N-dealkylation sites (tertiary alicyclic amines) is 1. The number of ether oxygens (including phenoxy) is 3. The normalized spacial score (nSPS) is 20.9. The number of nitrogens with one attached hydrogen (secondary N) is 1. The zero-order chi connectivity index (χ0) is 30.3. The van der Waals surface area contributed by atoms with Crippen LogP contribution in [0.3, 0.4) is 0 Å². The summed E-state index contributed by atoms with van der Waals surface area (Å²) in [6, 6.07) is 9.49. The smallest absolute Gasteiger partial charge is 0.240 e. The van der Waals surface area contributed by atoms with Gasteiger partial charge < -0.3 is 24.8 Å². The lowest BCUT2D eigenvalue weighted by atomic mass is 10.0. The molecular formula is C29H39ClFN5O5S. The quantitative estimate of drug-likeness (QED) is 0.305. The maximum atomic E-state index is 15.4. The van der Waals surface area contributed by atoms with Gasteiger partial charge in [-0.25, -0.2) is 17.5 Å². The van der Waals surface area contributed by atoms with Crippen molar-refractivity contribution < 1.29 is 27.0 Å². The second kappa shape index (κ2) is 14.9. The van der Waals surface area contributed by atoms with Crippen LogP contribution in [0.1, 0.15) is 35.6 Å². The number of benzene rings is 2. The minimum Gasteiger partial charge on any atom is -0.481 e. The van der Waals surface area contributed by atoms with Crippen molar-refractivity contribution in [3.8, 4) is 11.8 Å². The third-order valence-corrected chi connectivity index (χ3v) is 9.38. The predicted octanol–water partition coefficient (Wildman–Crippen LogP) is 2.69. The Bertz CT molecular complexity index is 1370. The number of nitrogens with zero attached hydrogens (tertiary/aromatic N) is 3. The number of piperidine rings is 1. The zero-order valence-electron chi connectivity index (χ0n) is 24.0. The van der Waals surface area contributed by atoms with Crippen LogP contribution < -0.4 is 15.2 Å². The van der Waals surface area contributed by atoms with Crippen LogP contribution in [0.15, 0.2) is 35.2 Å². The van der Waals surface area contributed by atoms with Gasteiger partial charge >= 0.3 is 0 Å². The number of rotatable bonds is 14. The fourth-order valence-corrected chi connectivity index (χ4v) is 6.80. The average Bonchev–Trinajstić information content (AvgIpc) is 3.32. The second-order valence-corrected chi connectivity index (χ2v) is 12.9. The SMILES string of the molecule is CN(C)[C@@H]1CCCN([C@H]2Cc3c(C#N)cc(Cl)cc3[C@@H]2Oc2ccc(S(=O)(=O)NCCOCCOCCN)cc2F)C1. The lowest BCUT2D eigenvalue weighted by Gasteiger charge is -2.41. The van der Waals surface area contributed by atoms with Crippen LogP contribution in [0, 0.1) is 17.1 Å². The molecule has 1 aliphatic heterocycles. The Hall–Kier alpha value is -2.34. The van der Waals surface area contributed by atoms with E-state index in [0.29, 0.717) is 49.4 Å². The molecule has 1 heterocycles. The number of sulfonamides is 1. The lowest BCUT2D eigenvalue weighted by molar-refractivity contribution is 0.0365. The average molecular weight is 624 g/mol. The molecule has 3 atom stereocenters. The van der Waals surface area contributed by atoms with Crippen molar-refractivity contribution in [2.45, 2.75) is 42.3 Å². The Morgan fingerprint density at radius 1 is 1.19 bits per heavy atom. The summed E-state index contributed by atoms with van der Waals surface area (Å²) in [6.07, 6.45) is 2.07. The highest BCUT2D eigenvalue weighted by Crippen LogP contribution is 2.42. The third kappa shape index (κ3) is 7.98. The van der Waals surface area contributed by atoms with E-state index in [0.717, 1.165) is 43.1 Å². The maximum Gasteiger partial charge on any atom is 0.240 e. The molecule has 0 radical (unpaired) electrons. The Labute approximate surface area is 252 Å². The van der Waals surface area contributed by atoms with Crippen molar-refractivity contribution in [1.82, 2.24) is 14.5 Å². The number of nitrogens with two attached hydrogens (primary N) is 1. The van der Waals surface area contributed by atoms with Crippen LogP contribution in [-0.2, 0) is 25.9 Å². The van der Waals surface area contributed by atoms with Gasteiger partial charge in [0.05, 0.1) is 49.0 Å². The molecule has 4 rings (SSSR count). The van der Waals surface area contributed by atoms with E-state index < -0.39 is 21.9 Å². The highest BCUT2D eigenvalue weighted by molar-refractivity contribution is 7.89. The first-order valence-electron chi connectivity index (χ1n) is 14.1. The number of hydrogen-bond acceptors (Lipinski definition) is 9. The van der Waals surface area contributed by atoms with Crippen LogP contribution in [0.25, 0.3) is 0 Å². The number of fused-ring (bicyclic) bond motifs is 1. The minimum absolute atomic E-state index is 0.0192. The summed E-state index contributed by atoms with van der Waals surface area (Å²) >= 11 is 6.37. The highest BCUT2D eigenvalue weighted by Gasteiger charge is 2.41. The van der Waals surface area contributed by atoms with Gasteiger partial charge in [0.15, 0.2) is 11.6 Å². The molecule has 0 unspecified atom stereocenters. The molecule has 230 valence electrons. The first kappa shape index (κ1) is 32.6. The molecule has 2 aromatic rings. The number of likely N-dealkylation sites (N-methyl/N-ethyl adjacent to an activating group) is 1. The molecule has 2 aliphatic rings. The zero-order valence-corrected chi connectivity index (χ0v) is 25.6. The van der Waals surface area contributed by atoms with Crippen LogP contribution >= 0.6 is 11.6 Å². The Morgan fingerprint density at radius 2 is 1.95 bits per heavy atom. The van der Waals surface area contributed by atoms with Crippen LogP contribution in [0.5, 0.6) is 5.75 Å². The molecule has 1 saturated heterocycles. The van der Waals surface area contributed by atoms with Gasteiger partial charge in [-0.1, -0.05) is 11.6 Å². The fraction of sp³-hybridized carbons (Fsp3) is 0.552. The summed E-state index contributed by atoms with van der Waals surface area (Å²) in [5, 5.41) is 10.2. The van der Waals surface area contributed by atoms with Gasteiger partial charge in [0.25, 0.3) is 0 Å². The van der Waals surface area contributed by atoms with Gasteiger partial charge in [0.2, 0.25) is 10.0 Å². The number of halogens is 2. The second-order valence-electron chi connectivity index (χ2n) is 10.7. The van der Waals surface area contributed by atoms with E-state index in [1.54, 1.807) is 12.1 Å². The summed E-state index contributed by atoms with van der Waals surface area (Å²) < 4.78 is 60.2. The topological polar surface area (TPSA) is 130 Å². The van der Waals surface area contributed by atoms with Gasteiger partial charge in [-0.15, -0.1) is 0 Å². The minimum atomic E-state index is -3.97. The Balaban J connectivity index is 1.49. The summed E-state index contributed by atoms with van der Waals surface area (Å²) in [7, 11) is 0.149. The summed E-state index contributed by atoms with van der Waals surface area (Å²) in [4.78, 5) is 4.33. The molecule has 0 aromatic heterocycles. The van der Waals surface area contributed by atoms with Gasteiger partial charge in [0.1, 0.15) is 6.10 Å². The first-order valence-corrected chi connectivity index (χ1v) is 15.9. The first-order chi connectivity index (χ1) is 20.1. The highest BCUT2D eigenvalue weighted by atomic mass is 35.5. The molecule has 1 fully saturated rings. The molecular weight excluding hydrogens is 585 g/mol. The third-order valence-electron chi connectivity index (χ3n) is 7.71. The summed E-state index contributed by atoms with van der Waals surface area (Å²) in [5.41, 5.74) is 7.43. The van der Waals surface area contributed by atoms with E-state index in [2.05, 4.69) is 34.7 Å². The van der Waals surface area contributed by atoms with Crippen molar-refractivity contribution in [3.05, 3.63) is 57.9 Å². The molecule has 13 heteroatoms. The maximum absolute atomic E-state index is 15.4. The molecule has 2 aromatic carbocycles. The monoisotopic (exact) mass is 623 g/mol. The molecule has 0 saturated carbocycles. The van der Waals surface area contributed by atoms with E-state index in [1.807, 2.05) is 0 Å². The Kier molecular flexibility index (Phi) is 11.6. The van der Waals surface area contributed by atoms with E-state index >= 15 is 4.39 Å². The van der Waals surface area contributed by atoms with E-state index in [-0.39, 0.29) is 29.8 Å². The van der Waals surface area contributed by atoms with Crippen molar-refractivity contribution in [1.29, 1.82) is 5.26 Å². The largest absolute Gasteiger partial charge is 0.481 e. The van der Waals surface area contributed by atoms with E-state index in [1.165, 1.54) is 12.1 Å². The molecule has 0 amide bonds. The molecule has 3 N–H and O–H groups in total. The molecule has 1 aliphatic carbocycles. The summed E-state index contributed by atoms with van der Waals surface area (Å²) in [5.74, 6) is -0.872. The molecule has 42 heavy (non-hydrogen) atoms. The van der Waals surface area contributed by atoms with Gasteiger partial charge in [-0.3, -0.25) is 4.90 Å². The molecule has 0 bridgehead atoms. The molecule has 10 nitrogen and oxygen atoms in total. The fourth-order valence-electron chi connectivity index (χ4n) is 5.55. The van der Waals surface area contributed by atoms with Crippen molar-refractivity contribution in [2.75, 3.05) is 66.7 Å². The van der Waals surface area contributed by atoms with Crippen molar-refractivity contribution >= 4 is 21.6 Å².